The number of amides is 2. The normalized spacial score (nSPS) is 15.2. The Bertz CT molecular complexity index is 2430. The van der Waals surface area contributed by atoms with Crippen molar-refractivity contribution < 1.29 is 48.6 Å². The van der Waals surface area contributed by atoms with Crippen molar-refractivity contribution in [2.24, 2.45) is 0 Å². The molecule has 2 amide bonds. The number of nitrogens with one attached hydrogen (secondary N) is 2. The van der Waals surface area contributed by atoms with Crippen LogP contribution in [-0.4, -0.2) is 52.7 Å². The molecular formula is C37H38FN3O7S. The predicted molar refractivity (Wildman–Crippen MR) is 189 cm³/mol. The van der Waals surface area contributed by atoms with Gasteiger partial charge in [-0.15, -0.1) is 0 Å². The van der Waals surface area contributed by atoms with Gasteiger partial charge in [-0.05, 0) is 99.8 Å². The van der Waals surface area contributed by atoms with E-state index in [4.69, 9.17) is 26.2 Å². The summed E-state index contributed by atoms with van der Waals surface area (Å²) in [5, 5.41) is 4.58. The molecule has 5 rings (SSSR count). The number of anilines is 1. The van der Waals surface area contributed by atoms with Gasteiger partial charge >= 0.3 is 0 Å². The molecule has 5 aromatic rings. The zero-order valence-corrected chi connectivity index (χ0v) is 27.6. The highest BCUT2D eigenvalue weighted by atomic mass is 32.2. The van der Waals surface area contributed by atoms with Gasteiger partial charge in [-0.3, -0.25) is 13.9 Å². The predicted octanol–water partition coefficient (Wildman–Crippen LogP) is 7.38. The molecule has 0 atom stereocenters. The first kappa shape index (κ1) is 24.7. The maximum absolute atomic E-state index is 14.0. The second-order valence-electron chi connectivity index (χ2n) is 10.9. The van der Waals surface area contributed by atoms with Crippen LogP contribution in [0.4, 0.5) is 10.1 Å². The van der Waals surface area contributed by atoms with Gasteiger partial charge in [0.25, 0.3) is 11.8 Å². The molecule has 0 aliphatic rings. The number of carbonyl (C=O) groups is 2. The summed E-state index contributed by atoms with van der Waals surface area (Å²) in [6, 6.07) is 18.5. The fourth-order valence-electron chi connectivity index (χ4n) is 5.31. The number of sulfonamides is 1. The number of hydrogen-bond acceptors (Lipinski definition) is 7. The summed E-state index contributed by atoms with van der Waals surface area (Å²) in [5.41, 5.74) is -3.41. The molecular weight excluding hydrogens is 649 g/mol. The Morgan fingerprint density at radius 1 is 0.939 bits per heavy atom. The van der Waals surface area contributed by atoms with Crippen molar-refractivity contribution in [3.63, 3.8) is 0 Å². The summed E-state index contributed by atoms with van der Waals surface area (Å²) in [4.78, 5) is 27.5. The van der Waals surface area contributed by atoms with Crippen molar-refractivity contribution in [3.05, 3.63) is 95.8 Å². The molecule has 0 bridgehead atoms. The van der Waals surface area contributed by atoms with Gasteiger partial charge in [-0.25, -0.2) is 12.8 Å². The van der Waals surface area contributed by atoms with Crippen LogP contribution >= 0.6 is 0 Å². The van der Waals surface area contributed by atoms with Gasteiger partial charge in [0, 0.05) is 54.0 Å². The smallest absolute Gasteiger partial charge is 0.255 e. The molecule has 2 N–H and O–H groups in total. The molecule has 0 radical (unpaired) electrons. The van der Waals surface area contributed by atoms with Crippen LogP contribution in [0.25, 0.3) is 33.4 Å². The monoisotopic (exact) mass is 696 g/mol. The highest BCUT2D eigenvalue weighted by Gasteiger charge is 2.28. The molecule has 49 heavy (non-hydrogen) atoms. The lowest BCUT2D eigenvalue weighted by molar-refractivity contribution is 0.0915. The van der Waals surface area contributed by atoms with Crippen molar-refractivity contribution in [1.29, 1.82) is 0 Å². The van der Waals surface area contributed by atoms with Crippen LogP contribution in [0.3, 0.4) is 0 Å². The molecule has 256 valence electrons. The maximum Gasteiger partial charge on any atom is 0.255 e. The van der Waals surface area contributed by atoms with Crippen molar-refractivity contribution >= 4 is 38.5 Å². The second kappa shape index (κ2) is 13.6. The van der Waals surface area contributed by atoms with E-state index in [1.807, 2.05) is 0 Å². The lowest BCUT2D eigenvalue weighted by Gasteiger charge is -2.24. The summed E-state index contributed by atoms with van der Waals surface area (Å²) >= 11 is 0. The Morgan fingerprint density at radius 2 is 1.57 bits per heavy atom. The third-order valence-corrected chi connectivity index (χ3v) is 8.69. The number of benzene rings is 4. The first-order chi connectivity index (χ1) is 26.9. The van der Waals surface area contributed by atoms with Gasteiger partial charge in [-0.2, -0.15) is 0 Å². The number of nitrogens with zero attached hydrogens (tertiary/aromatic N) is 1. The maximum atomic E-state index is 14.0. The van der Waals surface area contributed by atoms with Gasteiger partial charge in [0.2, 0.25) is 10.0 Å². The van der Waals surface area contributed by atoms with Crippen LogP contribution in [0, 0.1) is 5.82 Å². The van der Waals surface area contributed by atoms with E-state index in [9.17, 15) is 22.4 Å². The van der Waals surface area contributed by atoms with E-state index in [1.165, 1.54) is 62.7 Å². The standard InChI is InChI=1S/C37H38FN3O7S/c1-8-41(49(7,44)45)30-21-32-28(20-27(30)23-11-18-31(46-6)29(19-23)35(42)40-37(2,3)4)33(36(43)39-5)34(48-32)22-9-14-25(15-10-22)47-26-16-12-24(38)13-17-26/h9-21H,8H2,1-7H3,(H,39,43)(H,40,42)/i2D3,3D3,4D3. The molecule has 0 saturated carbocycles. The molecule has 1 heterocycles. The molecule has 0 unspecified atom stereocenters. The number of methoxy groups -OCH3 is 1. The van der Waals surface area contributed by atoms with E-state index in [1.54, 1.807) is 36.5 Å². The highest BCUT2D eigenvalue weighted by molar-refractivity contribution is 7.92. The minimum atomic E-state index is -4.00. The minimum absolute atomic E-state index is 0.0302. The average Bonchev–Trinajstić information content (AvgIpc) is 3.50. The Morgan fingerprint density at radius 3 is 2.14 bits per heavy atom. The van der Waals surface area contributed by atoms with Crippen LogP contribution in [-0.2, 0) is 10.0 Å². The Balaban J connectivity index is 1.73. The third kappa shape index (κ3) is 7.54. The van der Waals surface area contributed by atoms with Crippen LogP contribution in [0.15, 0.2) is 83.3 Å². The molecule has 1 aromatic heterocycles. The van der Waals surface area contributed by atoms with Crippen molar-refractivity contribution in [2.45, 2.75) is 33.0 Å². The van der Waals surface area contributed by atoms with Crippen molar-refractivity contribution in [1.82, 2.24) is 10.6 Å². The van der Waals surface area contributed by atoms with E-state index in [-0.39, 0.29) is 51.4 Å². The molecule has 12 heteroatoms. The molecule has 0 aliphatic carbocycles. The number of rotatable bonds is 10. The van der Waals surface area contributed by atoms with Gasteiger partial charge in [0.15, 0.2) is 0 Å². The molecule has 0 aliphatic heterocycles. The van der Waals surface area contributed by atoms with E-state index in [2.05, 4.69) is 5.32 Å². The number of fused-ring (bicyclic) bond motifs is 1. The number of furan rings is 1. The summed E-state index contributed by atoms with van der Waals surface area (Å²) in [6.45, 7) is -9.80. The van der Waals surface area contributed by atoms with E-state index in [0.29, 0.717) is 17.1 Å². The van der Waals surface area contributed by atoms with E-state index >= 15 is 0 Å². The zero-order valence-electron chi connectivity index (χ0n) is 35.8. The van der Waals surface area contributed by atoms with E-state index in [0.717, 1.165) is 16.6 Å². The highest BCUT2D eigenvalue weighted by Crippen LogP contribution is 2.42. The molecule has 0 spiro atoms. The van der Waals surface area contributed by atoms with Crippen LogP contribution in [0.2, 0.25) is 0 Å². The number of carbonyl (C=O) groups excluding carboxylic acids is 2. The largest absolute Gasteiger partial charge is 0.496 e. The molecule has 4 aromatic carbocycles. The molecule has 0 fully saturated rings. The van der Waals surface area contributed by atoms with E-state index < -0.39 is 59.3 Å². The average molecular weight is 697 g/mol. The fraction of sp³-hybridized carbons (Fsp3) is 0.243. The third-order valence-electron chi connectivity index (χ3n) is 7.44. The fourth-order valence-corrected chi connectivity index (χ4v) is 6.29. The zero-order chi connectivity index (χ0) is 43.2. The van der Waals surface area contributed by atoms with Crippen molar-refractivity contribution in [3.8, 4) is 39.7 Å². The lowest BCUT2D eigenvalue weighted by Crippen LogP contribution is -2.40. The summed E-state index contributed by atoms with van der Waals surface area (Å²) < 4.78 is 130. The Labute approximate surface area is 297 Å². The Hall–Kier alpha value is -5.36. The molecule has 0 saturated heterocycles. The lowest BCUT2D eigenvalue weighted by atomic mass is 9.96. The summed E-state index contributed by atoms with van der Waals surface area (Å²) in [5.74, 6) is -1.80. The van der Waals surface area contributed by atoms with Crippen molar-refractivity contribution in [2.75, 3.05) is 31.3 Å². The Kier molecular flexibility index (Phi) is 6.88. The van der Waals surface area contributed by atoms with Gasteiger partial charge < -0.3 is 24.5 Å². The second-order valence-corrected chi connectivity index (χ2v) is 12.8. The van der Waals surface area contributed by atoms with Crippen LogP contribution < -0.4 is 24.4 Å². The number of ether oxygens (including phenoxy) is 2. The quantitative estimate of drug-likeness (QED) is 0.156. The first-order valence-corrected chi connectivity index (χ1v) is 16.6. The van der Waals surface area contributed by atoms with Crippen LogP contribution in [0.1, 0.15) is 60.5 Å². The van der Waals surface area contributed by atoms with Gasteiger partial charge in [-0.1, -0.05) is 6.07 Å². The summed E-state index contributed by atoms with van der Waals surface area (Å²) in [7, 11) is -1.44. The van der Waals surface area contributed by atoms with Gasteiger partial charge in [0.1, 0.15) is 34.4 Å². The summed E-state index contributed by atoms with van der Waals surface area (Å²) in [6.07, 6.45) is 0.967. The van der Waals surface area contributed by atoms with Gasteiger partial charge in [0.05, 0.1) is 30.2 Å². The first-order valence-electron chi connectivity index (χ1n) is 19.2. The molecule has 10 nitrogen and oxygen atoms in total. The minimum Gasteiger partial charge on any atom is -0.496 e. The number of halogens is 1. The topological polar surface area (TPSA) is 127 Å². The number of hydrogen-bond donors (Lipinski definition) is 2. The van der Waals surface area contributed by atoms with Crippen LogP contribution in [0.5, 0.6) is 17.2 Å². The SMILES string of the molecule is [2H]C([2H])([2H])C(NC(=O)c1cc(-c2cc3c(C(=O)NC)c(-c4ccc(Oc5ccc(F)cc5)cc4)oc3cc2N(CC)S(C)(=O)=O)ccc1OC)(C([2H])([2H])[2H])C([2H])([2H])[2H].